The molecule has 6 rings (SSSR count). The lowest BCUT2D eigenvalue weighted by Crippen LogP contribution is -2.56. The van der Waals surface area contributed by atoms with Gasteiger partial charge in [0.15, 0.2) is 0 Å². The lowest BCUT2D eigenvalue weighted by atomic mass is 10.0. The molecule has 0 radical (unpaired) electrons. The highest BCUT2D eigenvalue weighted by molar-refractivity contribution is 6.76. The molecule has 1 N–H and O–H groups in total. The largest absolute Gasteiger partial charge is 0.462 e. The number of halogens is 1. The number of ether oxygens (including phenoxy) is 2. The van der Waals surface area contributed by atoms with Crippen molar-refractivity contribution in [2.75, 3.05) is 55.7 Å². The summed E-state index contributed by atoms with van der Waals surface area (Å²) in [4.78, 5) is 29.3. The monoisotopic (exact) mass is 661 g/mol. The first-order valence-corrected chi connectivity index (χ1v) is 20.5. The van der Waals surface area contributed by atoms with Gasteiger partial charge < -0.3 is 29.5 Å². The second kappa shape index (κ2) is 14.0. The van der Waals surface area contributed by atoms with E-state index in [1.54, 1.807) is 4.90 Å². The maximum atomic E-state index is 13.1. The Labute approximate surface area is 277 Å². The SMILES string of the molecule is C[Si](C)(C)CCOC(=O)N1CCN(c2nc(OC[C@@H]3CCCN3)nc3c2CCN(c2cccc4cccc(Cl)c24)C3)C[C@@H]1CC#N. The maximum Gasteiger partial charge on any atom is 0.410 e. The zero-order chi connectivity index (χ0) is 32.3. The summed E-state index contributed by atoms with van der Waals surface area (Å²) in [5.41, 5.74) is 3.11. The summed E-state index contributed by atoms with van der Waals surface area (Å²) < 4.78 is 11.9. The van der Waals surface area contributed by atoms with Crippen LogP contribution in [0.25, 0.3) is 10.8 Å². The van der Waals surface area contributed by atoms with Gasteiger partial charge >= 0.3 is 12.1 Å². The van der Waals surface area contributed by atoms with E-state index >= 15 is 0 Å². The Morgan fingerprint density at radius 3 is 2.72 bits per heavy atom. The number of hydrogen-bond acceptors (Lipinski definition) is 9. The second-order valence-corrected chi connectivity index (χ2v) is 19.8. The van der Waals surface area contributed by atoms with Crippen molar-refractivity contribution in [3.05, 3.63) is 52.7 Å². The van der Waals surface area contributed by atoms with Crippen LogP contribution in [0.4, 0.5) is 16.3 Å². The van der Waals surface area contributed by atoms with E-state index < -0.39 is 8.07 Å². The van der Waals surface area contributed by atoms with Gasteiger partial charge in [-0.15, -0.1) is 0 Å². The van der Waals surface area contributed by atoms with Gasteiger partial charge in [-0.3, -0.25) is 0 Å². The molecule has 2 fully saturated rings. The third kappa shape index (κ3) is 7.35. The van der Waals surface area contributed by atoms with Crippen molar-refractivity contribution < 1.29 is 14.3 Å². The Morgan fingerprint density at radius 2 is 1.96 bits per heavy atom. The number of aromatic nitrogens is 2. The third-order valence-electron chi connectivity index (χ3n) is 9.19. The molecule has 46 heavy (non-hydrogen) atoms. The van der Waals surface area contributed by atoms with E-state index in [0.29, 0.717) is 45.4 Å². The van der Waals surface area contributed by atoms with Gasteiger partial charge in [-0.25, -0.2) is 4.79 Å². The zero-order valence-corrected chi connectivity index (χ0v) is 28.9. The molecule has 4 heterocycles. The first-order chi connectivity index (χ1) is 22.2. The average molecular weight is 662 g/mol. The van der Waals surface area contributed by atoms with Crippen molar-refractivity contribution >= 4 is 48.0 Å². The molecule has 3 aromatic rings. The lowest BCUT2D eigenvalue weighted by molar-refractivity contribution is 0.0859. The average Bonchev–Trinajstić information content (AvgIpc) is 3.56. The van der Waals surface area contributed by atoms with Crippen LogP contribution in [-0.4, -0.2) is 87.1 Å². The summed E-state index contributed by atoms with van der Waals surface area (Å²) in [6.45, 7) is 11.6. The summed E-state index contributed by atoms with van der Waals surface area (Å²) in [6.07, 6.45) is 2.84. The van der Waals surface area contributed by atoms with Gasteiger partial charge in [-0.1, -0.05) is 55.5 Å². The second-order valence-electron chi connectivity index (χ2n) is 13.7. The Balaban J connectivity index is 1.27. The van der Waals surface area contributed by atoms with E-state index in [1.807, 2.05) is 12.1 Å². The van der Waals surface area contributed by atoms with Crippen LogP contribution in [0, 0.1) is 11.3 Å². The Kier molecular flexibility index (Phi) is 9.87. The molecule has 10 nitrogen and oxygen atoms in total. The summed E-state index contributed by atoms with van der Waals surface area (Å²) in [5, 5.41) is 16.1. The van der Waals surface area contributed by atoms with Crippen LogP contribution < -0.4 is 19.9 Å². The molecule has 0 aliphatic carbocycles. The van der Waals surface area contributed by atoms with E-state index in [9.17, 15) is 10.1 Å². The number of rotatable bonds is 9. The number of nitriles is 1. The van der Waals surface area contributed by atoms with E-state index in [0.717, 1.165) is 77.0 Å². The van der Waals surface area contributed by atoms with E-state index in [1.165, 1.54) is 0 Å². The zero-order valence-electron chi connectivity index (χ0n) is 27.1. The number of fused-ring (bicyclic) bond motifs is 2. The summed E-state index contributed by atoms with van der Waals surface area (Å²) in [5.74, 6) is 0.838. The van der Waals surface area contributed by atoms with Crippen LogP contribution >= 0.6 is 11.6 Å². The predicted octanol–water partition coefficient (Wildman–Crippen LogP) is 5.86. The van der Waals surface area contributed by atoms with Crippen molar-refractivity contribution in [1.29, 1.82) is 5.26 Å². The number of amides is 1. The minimum Gasteiger partial charge on any atom is -0.462 e. The fraction of sp³-hybridized carbons (Fsp3) is 0.529. The van der Waals surface area contributed by atoms with Crippen LogP contribution in [0.1, 0.15) is 30.5 Å². The normalized spacial score (nSPS) is 20.0. The van der Waals surface area contributed by atoms with Crippen molar-refractivity contribution in [3.8, 4) is 12.1 Å². The number of hydrogen-bond donors (Lipinski definition) is 1. The third-order valence-corrected chi connectivity index (χ3v) is 11.2. The van der Waals surface area contributed by atoms with Crippen molar-refractivity contribution in [1.82, 2.24) is 20.2 Å². The van der Waals surface area contributed by atoms with Gasteiger partial charge in [-0.05, 0) is 49.4 Å². The molecule has 0 bridgehead atoms. The van der Waals surface area contributed by atoms with Gasteiger partial charge in [0.1, 0.15) is 12.4 Å². The van der Waals surface area contributed by atoms with Crippen molar-refractivity contribution in [3.63, 3.8) is 0 Å². The molecule has 12 heteroatoms. The quantitative estimate of drug-likeness (QED) is 0.282. The van der Waals surface area contributed by atoms with E-state index in [4.69, 9.17) is 31.0 Å². The van der Waals surface area contributed by atoms with Gasteiger partial charge in [0.25, 0.3) is 0 Å². The smallest absolute Gasteiger partial charge is 0.410 e. The van der Waals surface area contributed by atoms with Crippen LogP contribution in [0.3, 0.4) is 0 Å². The van der Waals surface area contributed by atoms with Gasteiger partial charge in [0.05, 0.1) is 42.4 Å². The maximum absolute atomic E-state index is 13.1. The van der Waals surface area contributed by atoms with Crippen molar-refractivity contribution in [2.24, 2.45) is 0 Å². The Bertz CT molecular complexity index is 1600. The Morgan fingerprint density at radius 1 is 1.13 bits per heavy atom. The van der Waals surface area contributed by atoms with Gasteiger partial charge in [-0.2, -0.15) is 15.2 Å². The van der Waals surface area contributed by atoms with E-state index in [2.05, 4.69) is 65.1 Å². The first kappa shape index (κ1) is 32.4. The molecule has 0 saturated carbocycles. The van der Waals surface area contributed by atoms with Crippen LogP contribution in [0.2, 0.25) is 30.7 Å². The molecule has 1 aromatic heterocycles. The molecule has 2 atom stereocenters. The highest BCUT2D eigenvalue weighted by atomic mass is 35.5. The molecule has 0 unspecified atom stereocenters. The van der Waals surface area contributed by atoms with Crippen molar-refractivity contribution in [2.45, 2.75) is 70.0 Å². The molecule has 1 amide bonds. The molecule has 2 saturated heterocycles. The standard InChI is InChI=1S/C34H44ClN7O3Si/c1-46(2,3)20-19-44-34(43)42-18-17-41(21-26(42)12-14-36)32-27-13-16-40(30-11-5-8-24-7-4-10-28(35)31(24)30)22-29(27)38-33(39-32)45-23-25-9-6-15-37-25/h4-5,7-8,10-11,25-26,37H,6,9,12-13,15-23H2,1-3H3/t25-,26-/m0/s1. The fourth-order valence-corrected chi connectivity index (χ4v) is 7.62. The molecule has 3 aliphatic rings. The topological polar surface area (TPSA) is 107 Å². The number of nitrogens with zero attached hydrogens (tertiary/aromatic N) is 6. The fourth-order valence-electron chi connectivity index (χ4n) is 6.63. The molecule has 2 aromatic carbocycles. The molecular formula is C34H44ClN7O3Si. The number of carbonyl (C=O) groups is 1. The molecular weight excluding hydrogens is 618 g/mol. The number of carbonyl (C=O) groups excluding carboxylic acids is 1. The molecule has 3 aliphatic heterocycles. The first-order valence-electron chi connectivity index (χ1n) is 16.4. The number of anilines is 2. The van der Waals surface area contributed by atoms with Crippen LogP contribution in [0.5, 0.6) is 6.01 Å². The van der Waals surface area contributed by atoms with Crippen LogP contribution in [-0.2, 0) is 17.7 Å². The summed E-state index contributed by atoms with van der Waals surface area (Å²) in [6, 6.07) is 15.9. The van der Waals surface area contributed by atoms with E-state index in [-0.39, 0.29) is 24.6 Å². The number of benzene rings is 2. The summed E-state index contributed by atoms with van der Waals surface area (Å²) >= 11 is 6.72. The Hall–Kier alpha value is -3.59. The highest BCUT2D eigenvalue weighted by Crippen LogP contribution is 2.37. The number of nitrogens with one attached hydrogen (secondary N) is 1. The predicted molar refractivity (Wildman–Crippen MR) is 185 cm³/mol. The molecule has 244 valence electrons. The minimum absolute atomic E-state index is 0.221. The highest BCUT2D eigenvalue weighted by Gasteiger charge is 2.35. The number of piperazine rings is 1. The lowest BCUT2D eigenvalue weighted by Gasteiger charge is -2.42. The van der Waals surface area contributed by atoms with Crippen LogP contribution in [0.15, 0.2) is 36.4 Å². The minimum atomic E-state index is -1.34. The molecule has 0 spiro atoms. The summed E-state index contributed by atoms with van der Waals surface area (Å²) in [7, 11) is -1.34. The van der Waals surface area contributed by atoms with Gasteiger partial charge in [0.2, 0.25) is 0 Å². The van der Waals surface area contributed by atoms with Gasteiger partial charge in [0, 0.05) is 56.9 Å².